The van der Waals surface area contributed by atoms with Crippen molar-refractivity contribution in [1.29, 1.82) is 0 Å². The molecular formula is C19H19F3O5. The van der Waals surface area contributed by atoms with Crippen molar-refractivity contribution in [2.24, 2.45) is 0 Å². The first-order chi connectivity index (χ1) is 12.8. The lowest BCUT2D eigenvalue weighted by Crippen LogP contribution is -2.17. The van der Waals surface area contributed by atoms with Crippen molar-refractivity contribution in [3.63, 3.8) is 0 Å². The highest BCUT2D eigenvalue weighted by atomic mass is 19.4. The van der Waals surface area contributed by atoms with Crippen LogP contribution in [0.25, 0.3) is 0 Å². The van der Waals surface area contributed by atoms with Gasteiger partial charge in [-0.2, -0.15) is 0 Å². The van der Waals surface area contributed by atoms with Gasteiger partial charge in [0.25, 0.3) is 0 Å². The molecule has 0 aliphatic rings. The lowest BCUT2D eigenvalue weighted by molar-refractivity contribution is -0.274. The Hall–Kier alpha value is -2.74. The zero-order valence-corrected chi connectivity index (χ0v) is 14.5. The molecule has 1 N–H and O–H groups in total. The predicted octanol–water partition coefficient (Wildman–Crippen LogP) is 4.72. The van der Waals surface area contributed by atoms with Gasteiger partial charge in [-0.1, -0.05) is 24.3 Å². The second kappa shape index (κ2) is 9.27. The third-order valence-corrected chi connectivity index (χ3v) is 3.52. The molecule has 1 atom stereocenters. The van der Waals surface area contributed by atoms with Crippen molar-refractivity contribution >= 4 is 5.97 Å². The first-order valence-electron chi connectivity index (χ1n) is 8.17. The summed E-state index contributed by atoms with van der Waals surface area (Å²) in [5.41, 5.74) is 1.21. The highest BCUT2D eigenvalue weighted by Gasteiger charge is 2.31. The van der Waals surface area contributed by atoms with E-state index in [1.807, 2.05) is 0 Å². The Morgan fingerprint density at radius 3 is 2.41 bits per heavy atom. The topological polar surface area (TPSA) is 65.0 Å². The predicted molar refractivity (Wildman–Crippen MR) is 90.5 cm³/mol. The fourth-order valence-corrected chi connectivity index (χ4v) is 2.41. The summed E-state index contributed by atoms with van der Waals surface area (Å²) in [6.07, 6.45) is -5.46. The van der Waals surface area contributed by atoms with Crippen LogP contribution in [-0.2, 0) is 16.1 Å². The number of rotatable bonds is 9. The van der Waals surface area contributed by atoms with E-state index in [2.05, 4.69) is 4.74 Å². The second-order valence-corrected chi connectivity index (χ2v) is 5.59. The van der Waals surface area contributed by atoms with Gasteiger partial charge in [-0.15, -0.1) is 13.2 Å². The molecule has 0 fully saturated rings. The average molecular weight is 384 g/mol. The summed E-state index contributed by atoms with van der Waals surface area (Å²) < 4.78 is 51.6. The number of carbonyl (C=O) groups is 1. The minimum absolute atomic E-state index is 0.0540. The van der Waals surface area contributed by atoms with Crippen LogP contribution in [0.2, 0.25) is 0 Å². The monoisotopic (exact) mass is 384 g/mol. The molecule has 0 aliphatic carbocycles. The van der Waals surface area contributed by atoms with E-state index in [1.165, 1.54) is 18.2 Å². The molecule has 2 aromatic carbocycles. The Labute approximate surface area is 154 Å². The molecule has 0 aromatic heterocycles. The normalized spacial score (nSPS) is 12.4. The summed E-state index contributed by atoms with van der Waals surface area (Å²) in [4.78, 5) is 10.9. The number of hydrogen-bond donors (Lipinski definition) is 1. The summed E-state index contributed by atoms with van der Waals surface area (Å²) in [6.45, 7) is 2.22. The highest BCUT2D eigenvalue weighted by molar-refractivity contribution is 5.67. The Bertz CT molecular complexity index is 744. The molecule has 1 unspecified atom stereocenters. The number of hydrogen-bond acceptors (Lipinski definition) is 4. The van der Waals surface area contributed by atoms with Gasteiger partial charge in [0.15, 0.2) is 0 Å². The van der Waals surface area contributed by atoms with E-state index >= 15 is 0 Å². The quantitative estimate of drug-likeness (QED) is 0.678. The maximum atomic E-state index is 12.3. The fraction of sp³-hybridized carbons (Fsp3) is 0.316. The molecule has 0 bridgehead atoms. The summed E-state index contributed by atoms with van der Waals surface area (Å²) in [6, 6.07) is 12.2. The van der Waals surface area contributed by atoms with Crippen molar-refractivity contribution in [1.82, 2.24) is 0 Å². The SMILES string of the molecule is CCOC(CC(=O)O)c1ccc(OCc2cccc(OC(F)(F)F)c2)cc1. The zero-order valence-electron chi connectivity index (χ0n) is 14.5. The van der Waals surface area contributed by atoms with E-state index < -0.39 is 18.4 Å². The molecule has 0 heterocycles. The van der Waals surface area contributed by atoms with Crippen LogP contribution < -0.4 is 9.47 Å². The van der Waals surface area contributed by atoms with Crippen molar-refractivity contribution in [2.75, 3.05) is 6.61 Å². The smallest absolute Gasteiger partial charge is 0.489 e. The lowest BCUT2D eigenvalue weighted by atomic mass is 10.1. The molecule has 0 saturated heterocycles. The molecule has 8 heteroatoms. The third kappa shape index (κ3) is 7.18. The molecule has 0 aliphatic heterocycles. The van der Waals surface area contributed by atoms with Gasteiger partial charge in [-0.3, -0.25) is 4.79 Å². The van der Waals surface area contributed by atoms with Crippen LogP contribution in [0.15, 0.2) is 48.5 Å². The molecule has 0 amide bonds. The highest BCUT2D eigenvalue weighted by Crippen LogP contribution is 2.26. The van der Waals surface area contributed by atoms with Gasteiger partial charge in [0.05, 0.1) is 12.5 Å². The maximum absolute atomic E-state index is 12.3. The first kappa shape index (κ1) is 20.6. The van der Waals surface area contributed by atoms with Gasteiger partial charge < -0.3 is 19.3 Å². The van der Waals surface area contributed by atoms with Gasteiger partial charge in [-0.05, 0) is 42.3 Å². The van der Waals surface area contributed by atoms with Gasteiger partial charge in [0, 0.05) is 6.61 Å². The third-order valence-electron chi connectivity index (χ3n) is 3.52. The van der Waals surface area contributed by atoms with Gasteiger partial charge in [0.2, 0.25) is 0 Å². The number of carboxylic acid groups (broad SMARTS) is 1. The number of halogens is 3. The van der Waals surface area contributed by atoms with E-state index in [0.717, 1.165) is 0 Å². The standard InChI is InChI=1S/C19H19F3O5/c1-2-25-17(11-18(23)24)14-6-8-15(9-7-14)26-12-13-4-3-5-16(10-13)27-19(20,21)22/h3-10,17H,2,11-12H2,1H3,(H,23,24). The molecule has 2 rings (SSSR count). The van der Waals surface area contributed by atoms with Gasteiger partial charge >= 0.3 is 12.3 Å². The molecule has 27 heavy (non-hydrogen) atoms. The van der Waals surface area contributed by atoms with E-state index in [0.29, 0.717) is 23.5 Å². The number of alkyl halides is 3. The average Bonchev–Trinajstić information content (AvgIpc) is 2.58. The van der Waals surface area contributed by atoms with Crippen molar-refractivity contribution in [2.45, 2.75) is 32.4 Å². The summed E-state index contributed by atoms with van der Waals surface area (Å²) >= 11 is 0. The number of carboxylic acids is 1. The molecule has 2 aromatic rings. The minimum atomic E-state index is -4.75. The van der Waals surface area contributed by atoms with Crippen molar-refractivity contribution < 1.29 is 37.3 Å². The van der Waals surface area contributed by atoms with Crippen LogP contribution in [0.4, 0.5) is 13.2 Å². The maximum Gasteiger partial charge on any atom is 0.573 e. The van der Waals surface area contributed by atoms with Crippen LogP contribution in [0, 0.1) is 0 Å². The largest absolute Gasteiger partial charge is 0.573 e. The molecule has 146 valence electrons. The van der Waals surface area contributed by atoms with E-state index in [1.54, 1.807) is 37.3 Å². The summed E-state index contributed by atoms with van der Waals surface area (Å²) in [7, 11) is 0. The zero-order chi connectivity index (χ0) is 19.9. The van der Waals surface area contributed by atoms with Crippen LogP contribution in [0.5, 0.6) is 11.5 Å². The Morgan fingerprint density at radius 2 is 1.81 bits per heavy atom. The van der Waals surface area contributed by atoms with Crippen LogP contribution >= 0.6 is 0 Å². The van der Waals surface area contributed by atoms with Crippen LogP contribution in [0.3, 0.4) is 0 Å². The summed E-state index contributed by atoms with van der Waals surface area (Å²) in [5.74, 6) is -0.784. The molecule has 0 radical (unpaired) electrons. The molecule has 0 spiro atoms. The van der Waals surface area contributed by atoms with Gasteiger partial charge in [0.1, 0.15) is 18.1 Å². The Balaban J connectivity index is 1.98. The first-order valence-corrected chi connectivity index (χ1v) is 8.17. The van der Waals surface area contributed by atoms with Crippen LogP contribution in [0.1, 0.15) is 30.6 Å². The number of aliphatic carboxylic acids is 1. The molecular weight excluding hydrogens is 365 g/mol. The lowest BCUT2D eigenvalue weighted by Gasteiger charge is -2.16. The number of benzene rings is 2. The Kier molecular flexibility index (Phi) is 7.06. The van der Waals surface area contributed by atoms with E-state index in [9.17, 15) is 18.0 Å². The minimum Gasteiger partial charge on any atom is -0.489 e. The van der Waals surface area contributed by atoms with E-state index in [-0.39, 0.29) is 18.8 Å². The summed E-state index contributed by atoms with van der Waals surface area (Å²) in [5, 5.41) is 8.94. The van der Waals surface area contributed by atoms with Gasteiger partial charge in [-0.25, -0.2) is 0 Å². The molecule has 0 saturated carbocycles. The second-order valence-electron chi connectivity index (χ2n) is 5.59. The van der Waals surface area contributed by atoms with Crippen LogP contribution in [-0.4, -0.2) is 24.0 Å². The Morgan fingerprint density at radius 1 is 1.11 bits per heavy atom. The number of ether oxygens (including phenoxy) is 3. The molecule has 5 nitrogen and oxygen atoms in total. The fourth-order valence-electron chi connectivity index (χ4n) is 2.41. The van der Waals surface area contributed by atoms with Crippen molar-refractivity contribution in [3.05, 3.63) is 59.7 Å². The van der Waals surface area contributed by atoms with E-state index in [4.69, 9.17) is 14.6 Å². The van der Waals surface area contributed by atoms with Crippen molar-refractivity contribution in [3.8, 4) is 11.5 Å².